The highest BCUT2D eigenvalue weighted by molar-refractivity contribution is 5.96. The van der Waals surface area contributed by atoms with Crippen LogP contribution in [0.3, 0.4) is 0 Å². The van der Waals surface area contributed by atoms with Gasteiger partial charge in [-0.25, -0.2) is 9.67 Å². The molecule has 2 rings (SSSR count). The third-order valence-corrected chi connectivity index (χ3v) is 2.70. The van der Waals surface area contributed by atoms with E-state index in [2.05, 4.69) is 25.3 Å². The Balaban J connectivity index is 1.99. The summed E-state index contributed by atoms with van der Waals surface area (Å²) in [4.78, 5) is 26.2. The van der Waals surface area contributed by atoms with Crippen molar-refractivity contribution >= 4 is 11.9 Å². The number of aromatic nitrogens is 4. The summed E-state index contributed by atoms with van der Waals surface area (Å²) in [6.45, 7) is -2.07. The number of halogens is 3. The van der Waals surface area contributed by atoms with E-state index >= 15 is 0 Å². The highest BCUT2D eigenvalue weighted by atomic mass is 19.4. The molecular formula is C13H12F3N5O4. The van der Waals surface area contributed by atoms with E-state index in [1.54, 1.807) is 0 Å². The second-order valence-corrected chi connectivity index (χ2v) is 4.74. The standard InChI is InChI=1S/C13H12F3N5O4/c14-13(15,16)7-25-12-9(2-1-3-17-12)11(24)18-4-8-5-21(20-19-8)6-10(22)23/h1-3,5H,4,6-7H2,(H,18,24)(H,22,23). The van der Waals surface area contributed by atoms with Crippen LogP contribution < -0.4 is 10.1 Å². The zero-order chi connectivity index (χ0) is 18.4. The van der Waals surface area contributed by atoms with Gasteiger partial charge in [0.1, 0.15) is 17.8 Å². The minimum atomic E-state index is -4.56. The average Bonchev–Trinajstić information content (AvgIpc) is 2.97. The number of pyridine rings is 1. The number of carbonyl (C=O) groups excluding carboxylic acids is 1. The zero-order valence-corrected chi connectivity index (χ0v) is 12.5. The van der Waals surface area contributed by atoms with Gasteiger partial charge in [0.15, 0.2) is 6.61 Å². The molecule has 0 fully saturated rings. The van der Waals surface area contributed by atoms with Gasteiger partial charge in [-0.15, -0.1) is 5.10 Å². The molecule has 0 radical (unpaired) electrons. The van der Waals surface area contributed by atoms with Crippen LogP contribution in [0.5, 0.6) is 5.88 Å². The van der Waals surface area contributed by atoms with Crippen LogP contribution in [0.2, 0.25) is 0 Å². The smallest absolute Gasteiger partial charge is 0.422 e. The van der Waals surface area contributed by atoms with Crippen molar-refractivity contribution in [1.82, 2.24) is 25.3 Å². The summed E-state index contributed by atoms with van der Waals surface area (Å²) in [5.41, 5.74) is 0.0981. The van der Waals surface area contributed by atoms with Crippen molar-refractivity contribution in [2.75, 3.05) is 6.61 Å². The normalized spacial score (nSPS) is 11.2. The minimum absolute atomic E-state index is 0.105. The van der Waals surface area contributed by atoms with Gasteiger partial charge in [-0.3, -0.25) is 9.59 Å². The minimum Gasteiger partial charge on any atom is -0.480 e. The molecule has 2 aromatic rings. The molecule has 0 aliphatic rings. The average molecular weight is 359 g/mol. The molecular weight excluding hydrogens is 347 g/mol. The van der Waals surface area contributed by atoms with E-state index < -0.39 is 30.5 Å². The summed E-state index contributed by atoms with van der Waals surface area (Å²) < 4.78 is 42.3. The van der Waals surface area contributed by atoms with Crippen molar-refractivity contribution in [3.8, 4) is 5.88 Å². The van der Waals surface area contributed by atoms with Crippen LogP contribution in [0.15, 0.2) is 24.5 Å². The van der Waals surface area contributed by atoms with Gasteiger partial charge in [0.25, 0.3) is 5.91 Å². The molecule has 0 aliphatic heterocycles. The first kappa shape index (κ1) is 18.2. The van der Waals surface area contributed by atoms with E-state index in [1.165, 1.54) is 24.5 Å². The summed E-state index contributed by atoms with van der Waals surface area (Å²) in [6.07, 6.45) is -2.05. The first-order valence-electron chi connectivity index (χ1n) is 6.78. The monoisotopic (exact) mass is 359 g/mol. The van der Waals surface area contributed by atoms with Crippen LogP contribution >= 0.6 is 0 Å². The molecule has 0 aromatic carbocycles. The largest absolute Gasteiger partial charge is 0.480 e. The number of nitrogens with one attached hydrogen (secondary N) is 1. The van der Waals surface area contributed by atoms with Gasteiger partial charge in [0.2, 0.25) is 5.88 Å². The predicted molar refractivity (Wildman–Crippen MR) is 74.6 cm³/mol. The van der Waals surface area contributed by atoms with E-state index in [4.69, 9.17) is 5.11 Å². The van der Waals surface area contributed by atoms with Crippen LogP contribution in [0.1, 0.15) is 16.1 Å². The third-order valence-electron chi connectivity index (χ3n) is 2.70. The van der Waals surface area contributed by atoms with E-state index in [1.807, 2.05) is 0 Å². The molecule has 9 nitrogen and oxygen atoms in total. The quantitative estimate of drug-likeness (QED) is 0.744. The number of hydrogen-bond acceptors (Lipinski definition) is 6. The molecule has 0 saturated heterocycles. The maximum atomic E-state index is 12.2. The van der Waals surface area contributed by atoms with E-state index in [0.29, 0.717) is 0 Å². The molecule has 0 bridgehead atoms. The Hall–Kier alpha value is -3.18. The first-order valence-corrected chi connectivity index (χ1v) is 6.78. The predicted octanol–water partition coefficient (Wildman–Crippen LogP) is 0.629. The van der Waals surface area contributed by atoms with E-state index in [0.717, 1.165) is 4.68 Å². The Kier molecular flexibility index (Phi) is 5.52. The summed E-state index contributed by atoms with van der Waals surface area (Å²) in [7, 11) is 0. The van der Waals surface area contributed by atoms with Crippen LogP contribution in [-0.2, 0) is 17.9 Å². The molecule has 2 heterocycles. The van der Waals surface area contributed by atoms with Crippen LogP contribution in [-0.4, -0.2) is 49.7 Å². The van der Waals surface area contributed by atoms with Gasteiger partial charge < -0.3 is 15.2 Å². The van der Waals surface area contributed by atoms with Crippen molar-refractivity contribution in [3.05, 3.63) is 35.8 Å². The summed E-state index contributed by atoms with van der Waals surface area (Å²) in [6, 6.07) is 2.63. The number of carboxylic acids is 1. The molecule has 1 amide bonds. The molecule has 134 valence electrons. The molecule has 0 aliphatic carbocycles. The molecule has 25 heavy (non-hydrogen) atoms. The Morgan fingerprint density at radius 3 is 2.80 bits per heavy atom. The SMILES string of the molecule is O=C(O)Cn1cc(CNC(=O)c2cccnc2OCC(F)(F)F)nn1. The lowest BCUT2D eigenvalue weighted by atomic mass is 10.2. The van der Waals surface area contributed by atoms with Crippen molar-refractivity contribution < 1.29 is 32.6 Å². The van der Waals surface area contributed by atoms with Crippen molar-refractivity contribution in [3.63, 3.8) is 0 Å². The van der Waals surface area contributed by atoms with Gasteiger partial charge >= 0.3 is 12.1 Å². The number of nitrogens with zero attached hydrogens (tertiary/aromatic N) is 4. The number of carboxylic acid groups (broad SMARTS) is 1. The molecule has 0 unspecified atom stereocenters. The highest BCUT2D eigenvalue weighted by Crippen LogP contribution is 2.19. The second-order valence-electron chi connectivity index (χ2n) is 4.74. The summed E-state index contributed by atoms with van der Waals surface area (Å²) >= 11 is 0. The van der Waals surface area contributed by atoms with Crippen molar-refractivity contribution in [2.24, 2.45) is 0 Å². The molecule has 2 aromatic heterocycles. The van der Waals surface area contributed by atoms with Crippen LogP contribution in [0.4, 0.5) is 13.2 Å². The summed E-state index contributed by atoms with van der Waals surface area (Å²) in [5, 5.41) is 18.3. The van der Waals surface area contributed by atoms with Gasteiger partial charge in [-0.05, 0) is 12.1 Å². The molecule has 2 N–H and O–H groups in total. The molecule has 0 saturated carbocycles. The fraction of sp³-hybridized carbons (Fsp3) is 0.308. The van der Waals surface area contributed by atoms with E-state index in [9.17, 15) is 22.8 Å². The Bertz CT molecular complexity index is 762. The first-order chi connectivity index (χ1) is 11.7. The van der Waals surface area contributed by atoms with Gasteiger partial charge in [-0.2, -0.15) is 13.2 Å². The van der Waals surface area contributed by atoms with Crippen LogP contribution in [0, 0.1) is 0 Å². The van der Waals surface area contributed by atoms with Crippen molar-refractivity contribution in [1.29, 1.82) is 0 Å². The number of aliphatic carboxylic acids is 1. The number of amides is 1. The van der Waals surface area contributed by atoms with Gasteiger partial charge in [0.05, 0.1) is 12.7 Å². The van der Waals surface area contributed by atoms with Gasteiger partial charge in [-0.1, -0.05) is 5.21 Å². The number of carbonyl (C=O) groups is 2. The lowest BCUT2D eigenvalue weighted by Gasteiger charge is -2.11. The molecule has 12 heteroatoms. The lowest BCUT2D eigenvalue weighted by molar-refractivity contribution is -0.154. The maximum Gasteiger partial charge on any atom is 0.422 e. The topological polar surface area (TPSA) is 119 Å². The Labute approximate surface area is 138 Å². The number of rotatable bonds is 7. The highest BCUT2D eigenvalue weighted by Gasteiger charge is 2.29. The Morgan fingerprint density at radius 2 is 2.12 bits per heavy atom. The number of hydrogen-bond donors (Lipinski definition) is 2. The molecule has 0 spiro atoms. The fourth-order valence-corrected chi connectivity index (χ4v) is 1.73. The number of alkyl halides is 3. The van der Waals surface area contributed by atoms with Crippen molar-refractivity contribution in [2.45, 2.75) is 19.3 Å². The second kappa shape index (κ2) is 7.59. The Morgan fingerprint density at radius 1 is 1.36 bits per heavy atom. The summed E-state index contributed by atoms with van der Waals surface area (Å²) in [5.74, 6) is -2.28. The molecule has 0 atom stereocenters. The lowest BCUT2D eigenvalue weighted by Crippen LogP contribution is -2.25. The zero-order valence-electron chi connectivity index (χ0n) is 12.5. The number of ether oxygens (including phenoxy) is 1. The van der Waals surface area contributed by atoms with Crippen LogP contribution in [0.25, 0.3) is 0 Å². The van der Waals surface area contributed by atoms with E-state index in [-0.39, 0.29) is 24.3 Å². The van der Waals surface area contributed by atoms with Gasteiger partial charge in [0, 0.05) is 6.20 Å². The third kappa shape index (κ3) is 5.75. The maximum absolute atomic E-state index is 12.2. The fourth-order valence-electron chi connectivity index (χ4n) is 1.73.